The summed E-state index contributed by atoms with van der Waals surface area (Å²) < 4.78 is 42.3. The molecule has 14 heavy (non-hydrogen) atoms. The Morgan fingerprint density at radius 1 is 1.43 bits per heavy atom. The van der Waals surface area contributed by atoms with Gasteiger partial charge in [0.1, 0.15) is 0 Å². The van der Waals surface area contributed by atoms with Crippen LogP contribution in [0.25, 0.3) is 0 Å². The fraction of sp³-hybridized carbons (Fsp3) is 0.667. The summed E-state index contributed by atoms with van der Waals surface area (Å²) in [6, 6.07) is 0. The smallest absolute Gasteiger partial charge is 0.405 e. The zero-order valence-corrected chi connectivity index (χ0v) is 7.73. The van der Waals surface area contributed by atoms with E-state index in [1.54, 1.807) is 6.08 Å². The molecule has 0 saturated carbocycles. The Balaban J connectivity index is 3.02. The maximum Gasteiger partial charge on any atom is 0.405 e. The van der Waals surface area contributed by atoms with Crippen LogP contribution in [0.3, 0.4) is 0 Å². The second-order valence-corrected chi connectivity index (χ2v) is 3.29. The van der Waals surface area contributed by atoms with Crippen molar-refractivity contribution >= 4 is 5.97 Å². The minimum atomic E-state index is -4.54. The molecule has 0 aliphatic heterocycles. The lowest BCUT2D eigenvalue weighted by atomic mass is 9.76. The summed E-state index contributed by atoms with van der Waals surface area (Å²) in [4.78, 5) is 11.2. The fourth-order valence-corrected chi connectivity index (χ4v) is 1.59. The summed E-state index contributed by atoms with van der Waals surface area (Å²) in [6.07, 6.45) is -1.79. The number of carbonyl (C=O) groups is 1. The van der Waals surface area contributed by atoms with Crippen LogP contribution in [0.5, 0.6) is 0 Å². The first kappa shape index (κ1) is 11.1. The number of rotatable bonds is 1. The van der Waals surface area contributed by atoms with Gasteiger partial charge in [0.25, 0.3) is 0 Å². The van der Waals surface area contributed by atoms with Crippen molar-refractivity contribution in [2.24, 2.45) is 5.41 Å². The topological polar surface area (TPSA) is 26.3 Å². The molecule has 0 aromatic carbocycles. The second kappa shape index (κ2) is 3.63. The van der Waals surface area contributed by atoms with Gasteiger partial charge in [-0.2, -0.15) is 13.2 Å². The third-order valence-corrected chi connectivity index (χ3v) is 2.49. The molecule has 0 heterocycles. The lowest BCUT2D eigenvalue weighted by Crippen LogP contribution is -2.46. The molecule has 2 nitrogen and oxygen atoms in total. The molecule has 0 saturated heterocycles. The summed E-state index contributed by atoms with van der Waals surface area (Å²) in [6.45, 7) is 0. The third kappa shape index (κ3) is 1.63. The van der Waals surface area contributed by atoms with Gasteiger partial charge in [-0.3, -0.25) is 4.79 Å². The summed E-state index contributed by atoms with van der Waals surface area (Å²) in [5, 5.41) is 0. The van der Waals surface area contributed by atoms with Crippen molar-refractivity contribution < 1.29 is 22.7 Å². The number of carbonyl (C=O) groups excluding carboxylic acids is 1. The molecule has 1 rings (SSSR count). The van der Waals surface area contributed by atoms with Gasteiger partial charge in [0.2, 0.25) is 0 Å². The van der Waals surface area contributed by atoms with E-state index in [0.29, 0.717) is 0 Å². The first-order valence-corrected chi connectivity index (χ1v) is 4.24. The van der Waals surface area contributed by atoms with Crippen LogP contribution < -0.4 is 0 Å². The lowest BCUT2D eigenvalue weighted by molar-refractivity contribution is -0.235. The molecule has 1 unspecified atom stereocenters. The van der Waals surface area contributed by atoms with Gasteiger partial charge < -0.3 is 4.74 Å². The van der Waals surface area contributed by atoms with Crippen LogP contribution >= 0.6 is 0 Å². The summed E-state index contributed by atoms with van der Waals surface area (Å²) >= 11 is 0. The highest BCUT2D eigenvalue weighted by atomic mass is 19.4. The Labute approximate surface area is 79.7 Å². The van der Waals surface area contributed by atoms with E-state index in [1.807, 2.05) is 0 Å². The maximum absolute atomic E-state index is 12.7. The van der Waals surface area contributed by atoms with E-state index in [1.165, 1.54) is 6.08 Å². The van der Waals surface area contributed by atoms with E-state index in [-0.39, 0.29) is 19.3 Å². The van der Waals surface area contributed by atoms with Crippen LogP contribution in [0.1, 0.15) is 19.3 Å². The number of allylic oxidation sites excluding steroid dienone is 2. The first-order valence-electron chi connectivity index (χ1n) is 4.24. The second-order valence-electron chi connectivity index (χ2n) is 3.29. The van der Waals surface area contributed by atoms with Gasteiger partial charge in [0.15, 0.2) is 5.41 Å². The highest BCUT2D eigenvalue weighted by Gasteiger charge is 2.60. The van der Waals surface area contributed by atoms with E-state index in [2.05, 4.69) is 4.74 Å². The number of hydrogen-bond acceptors (Lipinski definition) is 2. The van der Waals surface area contributed by atoms with Gasteiger partial charge >= 0.3 is 12.1 Å². The van der Waals surface area contributed by atoms with E-state index >= 15 is 0 Å². The van der Waals surface area contributed by atoms with Gasteiger partial charge in [-0.1, -0.05) is 12.2 Å². The summed E-state index contributed by atoms with van der Waals surface area (Å²) in [7, 11) is 0.980. The molecular weight excluding hydrogens is 197 g/mol. The van der Waals surface area contributed by atoms with Crippen LogP contribution in [-0.4, -0.2) is 19.3 Å². The zero-order valence-electron chi connectivity index (χ0n) is 7.73. The average Bonchev–Trinajstić information content (AvgIpc) is 2.16. The molecule has 1 aliphatic rings. The van der Waals surface area contributed by atoms with E-state index in [4.69, 9.17) is 0 Å². The number of methoxy groups -OCH3 is 1. The number of esters is 1. The molecule has 80 valence electrons. The number of hydrogen-bond donors (Lipinski definition) is 0. The SMILES string of the molecule is COC(=O)C1(C(F)(F)F)CC=CCC1. The molecule has 0 aromatic rings. The van der Waals surface area contributed by atoms with Crippen LogP contribution in [0.15, 0.2) is 12.2 Å². The molecule has 0 amide bonds. The standard InChI is InChI=1S/C9H11F3O2/c1-14-7(13)8(9(10,11)12)5-3-2-4-6-8/h2-3H,4-6H2,1H3. The number of ether oxygens (including phenoxy) is 1. The predicted octanol–water partition coefficient (Wildman–Crippen LogP) is 2.45. The Morgan fingerprint density at radius 2 is 2.07 bits per heavy atom. The van der Waals surface area contributed by atoms with Gasteiger partial charge in [0.05, 0.1) is 7.11 Å². The minimum absolute atomic E-state index is 0.223. The molecule has 5 heteroatoms. The van der Waals surface area contributed by atoms with Crippen molar-refractivity contribution in [1.29, 1.82) is 0 Å². The predicted molar refractivity (Wildman–Crippen MR) is 43.5 cm³/mol. The normalized spacial score (nSPS) is 27.4. The minimum Gasteiger partial charge on any atom is -0.468 e. The summed E-state index contributed by atoms with van der Waals surface area (Å²) in [5.41, 5.74) is -2.32. The highest BCUT2D eigenvalue weighted by Crippen LogP contribution is 2.47. The third-order valence-electron chi connectivity index (χ3n) is 2.49. The van der Waals surface area contributed by atoms with Gasteiger partial charge in [-0.15, -0.1) is 0 Å². The summed E-state index contributed by atoms with van der Waals surface area (Å²) in [5.74, 6) is -1.19. The van der Waals surface area contributed by atoms with Crippen LogP contribution in [0, 0.1) is 5.41 Å². The Morgan fingerprint density at radius 3 is 2.43 bits per heavy atom. The maximum atomic E-state index is 12.7. The Hall–Kier alpha value is -1.00. The first-order chi connectivity index (χ1) is 6.44. The van der Waals surface area contributed by atoms with Crippen molar-refractivity contribution in [3.63, 3.8) is 0 Å². The van der Waals surface area contributed by atoms with Crippen molar-refractivity contribution in [1.82, 2.24) is 0 Å². The molecule has 0 N–H and O–H groups in total. The van der Waals surface area contributed by atoms with Gasteiger partial charge in [-0.05, 0) is 19.3 Å². The van der Waals surface area contributed by atoms with Gasteiger partial charge in [-0.25, -0.2) is 0 Å². The van der Waals surface area contributed by atoms with Gasteiger partial charge in [0, 0.05) is 0 Å². The molecule has 0 fully saturated rings. The van der Waals surface area contributed by atoms with Crippen LogP contribution in [0.2, 0.25) is 0 Å². The molecule has 0 bridgehead atoms. The molecular formula is C9H11F3O2. The van der Waals surface area contributed by atoms with Crippen LogP contribution in [0.4, 0.5) is 13.2 Å². The zero-order chi connectivity index (χ0) is 10.8. The van der Waals surface area contributed by atoms with E-state index < -0.39 is 17.6 Å². The monoisotopic (exact) mass is 208 g/mol. The quantitative estimate of drug-likeness (QED) is 0.488. The Bertz CT molecular complexity index is 257. The molecule has 0 spiro atoms. The molecule has 1 aliphatic carbocycles. The van der Waals surface area contributed by atoms with E-state index in [0.717, 1.165) is 7.11 Å². The number of alkyl halides is 3. The molecule has 1 atom stereocenters. The average molecular weight is 208 g/mol. The van der Waals surface area contributed by atoms with Crippen LogP contribution in [-0.2, 0) is 9.53 Å². The van der Waals surface area contributed by atoms with Crippen molar-refractivity contribution in [2.45, 2.75) is 25.4 Å². The number of halogens is 3. The molecule has 0 radical (unpaired) electrons. The highest BCUT2D eigenvalue weighted by molar-refractivity contribution is 5.78. The fourth-order valence-electron chi connectivity index (χ4n) is 1.59. The Kier molecular flexibility index (Phi) is 2.87. The van der Waals surface area contributed by atoms with Crippen molar-refractivity contribution in [3.05, 3.63) is 12.2 Å². The van der Waals surface area contributed by atoms with Crippen molar-refractivity contribution in [3.8, 4) is 0 Å². The van der Waals surface area contributed by atoms with E-state index in [9.17, 15) is 18.0 Å². The lowest BCUT2D eigenvalue weighted by Gasteiger charge is -2.33. The molecule has 0 aromatic heterocycles. The largest absolute Gasteiger partial charge is 0.468 e. The van der Waals surface area contributed by atoms with Crippen molar-refractivity contribution in [2.75, 3.05) is 7.11 Å².